The van der Waals surface area contributed by atoms with Gasteiger partial charge in [0.2, 0.25) is 5.91 Å². The number of carbonyl (C=O) groups is 2. The fourth-order valence-electron chi connectivity index (χ4n) is 2.33. The molecule has 0 aromatic carbocycles. The summed E-state index contributed by atoms with van der Waals surface area (Å²) in [5.41, 5.74) is 0. The molecule has 3 atom stereocenters. The zero-order chi connectivity index (χ0) is 11.0. The Bertz CT molecular complexity index is 290. The van der Waals surface area contributed by atoms with Gasteiger partial charge in [0, 0.05) is 12.5 Å². The van der Waals surface area contributed by atoms with Crippen molar-refractivity contribution in [2.24, 2.45) is 11.8 Å². The fraction of sp³-hybridized carbons (Fsp3) is 0.818. The number of nitrogens with zero attached hydrogens (tertiary/aromatic N) is 1. The van der Waals surface area contributed by atoms with Crippen LogP contribution in [0.4, 0.5) is 0 Å². The standard InChI is InChI=1S/C11H17NO3/c1-7-6-8(7)10(13)12-5-3-2-4-9(12)11(14)15/h7-9H,2-6H2,1H3,(H,14,15)/t7-,8-,9+/m1/s1. The van der Waals surface area contributed by atoms with Gasteiger partial charge in [0.05, 0.1) is 0 Å². The SMILES string of the molecule is C[C@@H]1C[C@H]1C(=O)N1CCCC[C@H]1C(=O)O. The van der Waals surface area contributed by atoms with Crippen molar-refractivity contribution in [3.05, 3.63) is 0 Å². The summed E-state index contributed by atoms with van der Waals surface area (Å²) in [7, 11) is 0. The Morgan fingerprint density at radius 1 is 1.33 bits per heavy atom. The minimum Gasteiger partial charge on any atom is -0.480 e. The second kappa shape index (κ2) is 3.83. The van der Waals surface area contributed by atoms with Gasteiger partial charge in [-0.15, -0.1) is 0 Å². The lowest BCUT2D eigenvalue weighted by atomic mass is 10.0. The summed E-state index contributed by atoms with van der Waals surface area (Å²) in [6.45, 7) is 2.67. The molecule has 1 saturated heterocycles. The quantitative estimate of drug-likeness (QED) is 0.744. The van der Waals surface area contributed by atoms with Crippen LogP contribution < -0.4 is 0 Å². The van der Waals surface area contributed by atoms with Crippen LogP contribution in [0.5, 0.6) is 0 Å². The number of hydrogen-bond donors (Lipinski definition) is 1. The van der Waals surface area contributed by atoms with Crippen LogP contribution in [0.1, 0.15) is 32.6 Å². The third kappa shape index (κ3) is 1.98. The van der Waals surface area contributed by atoms with Crippen LogP contribution in [0.3, 0.4) is 0 Å². The van der Waals surface area contributed by atoms with Gasteiger partial charge < -0.3 is 10.0 Å². The molecule has 0 spiro atoms. The molecule has 0 radical (unpaired) electrons. The van der Waals surface area contributed by atoms with E-state index >= 15 is 0 Å². The van der Waals surface area contributed by atoms with Crippen molar-refractivity contribution in [2.45, 2.75) is 38.6 Å². The minimum absolute atomic E-state index is 0.0644. The number of piperidine rings is 1. The van der Waals surface area contributed by atoms with Gasteiger partial charge in [0.25, 0.3) is 0 Å². The second-order valence-corrected chi connectivity index (χ2v) is 4.70. The first-order chi connectivity index (χ1) is 7.11. The van der Waals surface area contributed by atoms with Crippen molar-refractivity contribution < 1.29 is 14.7 Å². The van der Waals surface area contributed by atoms with Gasteiger partial charge in [-0.2, -0.15) is 0 Å². The Balaban J connectivity index is 2.04. The molecule has 2 rings (SSSR count). The molecule has 0 bridgehead atoms. The monoisotopic (exact) mass is 211 g/mol. The molecule has 1 saturated carbocycles. The van der Waals surface area contributed by atoms with Gasteiger partial charge in [-0.05, 0) is 31.6 Å². The highest BCUT2D eigenvalue weighted by atomic mass is 16.4. The predicted octanol–water partition coefficient (Wildman–Crippen LogP) is 1.11. The summed E-state index contributed by atoms with van der Waals surface area (Å²) >= 11 is 0. The third-order valence-corrected chi connectivity index (χ3v) is 3.50. The number of carbonyl (C=O) groups excluding carboxylic acids is 1. The summed E-state index contributed by atoms with van der Waals surface area (Å²) in [6, 6.07) is -0.570. The largest absolute Gasteiger partial charge is 0.480 e. The molecule has 4 nitrogen and oxygen atoms in total. The molecule has 15 heavy (non-hydrogen) atoms. The molecule has 84 valence electrons. The average Bonchev–Trinajstić information content (AvgIpc) is 2.94. The summed E-state index contributed by atoms with van der Waals surface area (Å²) in [4.78, 5) is 24.5. The van der Waals surface area contributed by atoms with Crippen LogP contribution in [-0.2, 0) is 9.59 Å². The number of likely N-dealkylation sites (tertiary alicyclic amines) is 1. The van der Waals surface area contributed by atoms with E-state index in [1.807, 2.05) is 6.92 Å². The fourth-order valence-corrected chi connectivity index (χ4v) is 2.33. The zero-order valence-electron chi connectivity index (χ0n) is 8.98. The van der Waals surface area contributed by atoms with Crippen LogP contribution in [-0.4, -0.2) is 34.5 Å². The van der Waals surface area contributed by atoms with E-state index in [4.69, 9.17) is 5.11 Å². The van der Waals surface area contributed by atoms with Gasteiger partial charge >= 0.3 is 5.97 Å². The molecule has 0 aromatic rings. The zero-order valence-corrected chi connectivity index (χ0v) is 8.98. The Morgan fingerprint density at radius 2 is 2.00 bits per heavy atom. The lowest BCUT2D eigenvalue weighted by Gasteiger charge is -2.33. The van der Waals surface area contributed by atoms with Crippen molar-refractivity contribution in [2.75, 3.05) is 6.54 Å². The molecule has 1 aliphatic heterocycles. The smallest absolute Gasteiger partial charge is 0.326 e. The van der Waals surface area contributed by atoms with Crippen molar-refractivity contribution >= 4 is 11.9 Å². The van der Waals surface area contributed by atoms with Gasteiger partial charge in [-0.1, -0.05) is 6.92 Å². The van der Waals surface area contributed by atoms with Crippen LogP contribution in [0.15, 0.2) is 0 Å². The first kappa shape index (κ1) is 10.5. The maximum Gasteiger partial charge on any atom is 0.326 e. The second-order valence-electron chi connectivity index (χ2n) is 4.70. The molecule has 1 heterocycles. The maximum atomic E-state index is 11.9. The third-order valence-electron chi connectivity index (χ3n) is 3.50. The highest BCUT2D eigenvalue weighted by Gasteiger charge is 2.44. The van der Waals surface area contributed by atoms with Crippen molar-refractivity contribution in [1.29, 1.82) is 0 Å². The number of rotatable bonds is 2. The van der Waals surface area contributed by atoms with E-state index in [2.05, 4.69) is 0 Å². The molecule has 1 N–H and O–H groups in total. The molecular weight excluding hydrogens is 194 g/mol. The number of hydrogen-bond acceptors (Lipinski definition) is 2. The lowest BCUT2D eigenvalue weighted by molar-refractivity contribution is -0.152. The van der Waals surface area contributed by atoms with E-state index in [1.54, 1.807) is 4.90 Å². The average molecular weight is 211 g/mol. The summed E-state index contributed by atoms with van der Waals surface area (Å²) in [5.74, 6) is -0.232. The van der Waals surface area contributed by atoms with E-state index in [0.717, 1.165) is 19.3 Å². The highest BCUT2D eigenvalue weighted by Crippen LogP contribution is 2.40. The number of carboxylic acids is 1. The van der Waals surface area contributed by atoms with Crippen molar-refractivity contribution in [3.8, 4) is 0 Å². The van der Waals surface area contributed by atoms with E-state index in [9.17, 15) is 9.59 Å². The number of carboxylic acid groups (broad SMARTS) is 1. The van der Waals surface area contributed by atoms with Crippen LogP contribution in [0.25, 0.3) is 0 Å². The predicted molar refractivity (Wildman–Crippen MR) is 54.3 cm³/mol. The van der Waals surface area contributed by atoms with Gasteiger partial charge in [0.1, 0.15) is 6.04 Å². The Labute approximate surface area is 89.3 Å². The van der Waals surface area contributed by atoms with Crippen LogP contribution in [0.2, 0.25) is 0 Å². The van der Waals surface area contributed by atoms with E-state index in [-0.39, 0.29) is 11.8 Å². The van der Waals surface area contributed by atoms with Gasteiger partial charge in [0.15, 0.2) is 0 Å². The summed E-state index contributed by atoms with van der Waals surface area (Å²) in [5, 5.41) is 9.03. The molecular formula is C11H17NO3. The summed E-state index contributed by atoms with van der Waals surface area (Å²) < 4.78 is 0. The lowest BCUT2D eigenvalue weighted by Crippen LogP contribution is -2.48. The number of aliphatic carboxylic acids is 1. The molecule has 0 unspecified atom stereocenters. The number of amides is 1. The molecule has 1 aliphatic carbocycles. The van der Waals surface area contributed by atoms with Crippen LogP contribution >= 0.6 is 0 Å². The van der Waals surface area contributed by atoms with Crippen molar-refractivity contribution in [1.82, 2.24) is 4.90 Å². The molecule has 1 amide bonds. The topological polar surface area (TPSA) is 57.6 Å². The minimum atomic E-state index is -0.851. The van der Waals surface area contributed by atoms with E-state index in [0.29, 0.717) is 18.9 Å². The Hall–Kier alpha value is -1.06. The highest BCUT2D eigenvalue weighted by molar-refractivity contribution is 5.87. The van der Waals surface area contributed by atoms with Crippen LogP contribution in [0, 0.1) is 11.8 Å². The first-order valence-corrected chi connectivity index (χ1v) is 5.64. The van der Waals surface area contributed by atoms with Gasteiger partial charge in [-0.3, -0.25) is 4.79 Å². The van der Waals surface area contributed by atoms with Gasteiger partial charge in [-0.25, -0.2) is 4.79 Å². The van der Waals surface area contributed by atoms with E-state index < -0.39 is 12.0 Å². The Kier molecular flexibility index (Phi) is 2.67. The Morgan fingerprint density at radius 3 is 2.53 bits per heavy atom. The molecule has 0 aromatic heterocycles. The molecule has 2 fully saturated rings. The molecule has 2 aliphatic rings. The maximum absolute atomic E-state index is 11.9. The summed E-state index contributed by atoms with van der Waals surface area (Å²) in [6.07, 6.45) is 3.40. The van der Waals surface area contributed by atoms with E-state index in [1.165, 1.54) is 0 Å². The molecule has 4 heteroatoms. The normalized spacial score (nSPS) is 35.0. The first-order valence-electron chi connectivity index (χ1n) is 5.64. The van der Waals surface area contributed by atoms with Crippen molar-refractivity contribution in [3.63, 3.8) is 0 Å².